The number of rotatable bonds is 5. The van der Waals surface area contributed by atoms with Crippen LogP contribution in [0.15, 0.2) is 72.8 Å². The summed E-state index contributed by atoms with van der Waals surface area (Å²) in [6.45, 7) is 6.20. The van der Waals surface area contributed by atoms with Gasteiger partial charge in [0, 0.05) is 0 Å². The highest BCUT2D eigenvalue weighted by Gasteiger charge is 2.10. The molecule has 3 nitrogen and oxygen atoms in total. The van der Waals surface area contributed by atoms with E-state index in [4.69, 9.17) is 4.74 Å². The molecule has 0 bridgehead atoms. The molecule has 136 valence electrons. The predicted molar refractivity (Wildman–Crippen MR) is 108 cm³/mol. The van der Waals surface area contributed by atoms with Gasteiger partial charge in [0.15, 0.2) is 6.61 Å². The Morgan fingerprint density at radius 2 is 1.59 bits per heavy atom. The summed E-state index contributed by atoms with van der Waals surface area (Å²) in [4.78, 5) is 11.2. The second-order valence-electron chi connectivity index (χ2n) is 6.24. The Bertz CT molecular complexity index is 1050. The lowest BCUT2D eigenvalue weighted by molar-refractivity contribution is -0.142. The van der Waals surface area contributed by atoms with E-state index in [9.17, 15) is 4.79 Å². The predicted octanol–water partition coefficient (Wildman–Crippen LogP) is 3.20. The number of aryl methyl sites for hydroxylation is 1. The van der Waals surface area contributed by atoms with Crippen molar-refractivity contribution >= 4 is 18.1 Å². The van der Waals surface area contributed by atoms with Crippen LogP contribution in [0, 0.1) is 6.92 Å². The SMILES string of the molecule is C=c1cccc/c1=C(\c1ccc(OCC(=O)OC)cc1)c1ccccc1C. The first kappa shape index (κ1) is 18.5. The summed E-state index contributed by atoms with van der Waals surface area (Å²) < 4.78 is 10.1. The molecule has 3 aromatic rings. The van der Waals surface area contributed by atoms with Gasteiger partial charge in [-0.05, 0) is 51.8 Å². The highest BCUT2D eigenvalue weighted by atomic mass is 16.6. The molecule has 0 aliphatic heterocycles. The minimum atomic E-state index is -0.405. The lowest BCUT2D eigenvalue weighted by Gasteiger charge is -2.13. The van der Waals surface area contributed by atoms with Crippen LogP contribution in [0.5, 0.6) is 5.75 Å². The van der Waals surface area contributed by atoms with Crippen molar-refractivity contribution in [3.05, 3.63) is 99.9 Å². The topological polar surface area (TPSA) is 35.5 Å². The summed E-state index contributed by atoms with van der Waals surface area (Å²) in [6, 6.07) is 24.2. The van der Waals surface area contributed by atoms with Gasteiger partial charge in [0.1, 0.15) is 5.75 Å². The van der Waals surface area contributed by atoms with E-state index in [2.05, 4.69) is 36.4 Å². The Kier molecular flexibility index (Phi) is 5.72. The van der Waals surface area contributed by atoms with Crippen molar-refractivity contribution < 1.29 is 14.3 Å². The van der Waals surface area contributed by atoms with Gasteiger partial charge in [-0.3, -0.25) is 0 Å². The molecule has 0 amide bonds. The highest BCUT2D eigenvalue weighted by molar-refractivity contribution is 5.81. The van der Waals surface area contributed by atoms with Crippen LogP contribution in [0.2, 0.25) is 0 Å². The van der Waals surface area contributed by atoms with Crippen molar-refractivity contribution in [3.8, 4) is 5.75 Å². The smallest absolute Gasteiger partial charge is 0.343 e. The molecule has 0 aliphatic carbocycles. The molecular formula is C24H22O3. The van der Waals surface area contributed by atoms with E-state index in [1.165, 1.54) is 12.7 Å². The molecule has 0 N–H and O–H groups in total. The van der Waals surface area contributed by atoms with E-state index >= 15 is 0 Å². The Labute approximate surface area is 159 Å². The van der Waals surface area contributed by atoms with E-state index in [0.29, 0.717) is 5.75 Å². The van der Waals surface area contributed by atoms with Crippen molar-refractivity contribution in [2.24, 2.45) is 0 Å². The summed E-state index contributed by atoms with van der Waals surface area (Å²) in [5.41, 5.74) is 4.54. The summed E-state index contributed by atoms with van der Waals surface area (Å²) in [5.74, 6) is 0.216. The standard InChI is InChI=1S/C24H22O3/c1-17-8-4-6-10-21(17)24(22-11-7-5-9-18(22)2)19-12-14-20(15-13-19)27-16-23(25)26-3/h4-15H,1,16H2,2-3H3/b24-21-. The number of hydrogen-bond donors (Lipinski definition) is 0. The molecule has 0 atom stereocenters. The molecule has 27 heavy (non-hydrogen) atoms. The quantitative estimate of drug-likeness (QED) is 0.657. The Balaban J connectivity index is 2.10. The fourth-order valence-electron chi connectivity index (χ4n) is 2.99. The van der Waals surface area contributed by atoms with Gasteiger partial charge in [-0.25, -0.2) is 4.79 Å². The van der Waals surface area contributed by atoms with Gasteiger partial charge in [-0.2, -0.15) is 0 Å². The van der Waals surface area contributed by atoms with Crippen LogP contribution >= 0.6 is 0 Å². The van der Waals surface area contributed by atoms with Gasteiger partial charge < -0.3 is 9.47 Å². The van der Waals surface area contributed by atoms with Gasteiger partial charge in [0.25, 0.3) is 0 Å². The lowest BCUT2D eigenvalue weighted by atomic mass is 9.92. The van der Waals surface area contributed by atoms with E-state index in [1.54, 1.807) is 0 Å². The van der Waals surface area contributed by atoms with Crippen molar-refractivity contribution in [1.82, 2.24) is 0 Å². The molecule has 0 fully saturated rings. The van der Waals surface area contributed by atoms with Crippen LogP contribution in [0.25, 0.3) is 12.2 Å². The molecule has 0 radical (unpaired) electrons. The molecule has 0 saturated heterocycles. The van der Waals surface area contributed by atoms with Gasteiger partial charge in [0.05, 0.1) is 7.11 Å². The largest absolute Gasteiger partial charge is 0.482 e. The van der Waals surface area contributed by atoms with Gasteiger partial charge in [-0.1, -0.05) is 67.2 Å². The second kappa shape index (κ2) is 8.37. The lowest BCUT2D eigenvalue weighted by Crippen LogP contribution is -2.26. The number of carbonyl (C=O) groups is 1. The molecule has 0 saturated carbocycles. The monoisotopic (exact) mass is 358 g/mol. The van der Waals surface area contributed by atoms with Crippen molar-refractivity contribution in [2.45, 2.75) is 6.92 Å². The zero-order valence-corrected chi connectivity index (χ0v) is 15.6. The van der Waals surface area contributed by atoms with Crippen LogP contribution in [0.1, 0.15) is 16.7 Å². The maximum Gasteiger partial charge on any atom is 0.343 e. The van der Waals surface area contributed by atoms with Crippen LogP contribution in [-0.2, 0) is 9.53 Å². The molecule has 0 spiro atoms. The zero-order valence-electron chi connectivity index (χ0n) is 15.6. The fourth-order valence-corrected chi connectivity index (χ4v) is 2.99. The normalized spacial score (nSPS) is 11.6. The molecule has 3 aromatic carbocycles. The maximum absolute atomic E-state index is 11.2. The van der Waals surface area contributed by atoms with Crippen molar-refractivity contribution in [2.75, 3.05) is 13.7 Å². The number of benzene rings is 3. The first-order valence-electron chi connectivity index (χ1n) is 8.74. The zero-order chi connectivity index (χ0) is 19.2. The number of ether oxygens (including phenoxy) is 2. The molecule has 0 aromatic heterocycles. The summed E-state index contributed by atoms with van der Waals surface area (Å²) in [5, 5.41) is 2.07. The molecule has 0 heterocycles. The van der Waals surface area contributed by atoms with Gasteiger partial charge in [0.2, 0.25) is 0 Å². The first-order valence-corrected chi connectivity index (χ1v) is 8.74. The molecule has 3 rings (SSSR count). The van der Waals surface area contributed by atoms with Crippen LogP contribution in [0.3, 0.4) is 0 Å². The van der Waals surface area contributed by atoms with Crippen LogP contribution in [-0.4, -0.2) is 19.7 Å². The summed E-state index contributed by atoms with van der Waals surface area (Å²) in [6.07, 6.45) is 0. The average molecular weight is 358 g/mol. The van der Waals surface area contributed by atoms with E-state index in [-0.39, 0.29) is 6.61 Å². The van der Waals surface area contributed by atoms with Gasteiger partial charge >= 0.3 is 5.97 Å². The van der Waals surface area contributed by atoms with E-state index < -0.39 is 5.97 Å². The molecule has 3 heteroatoms. The average Bonchev–Trinajstić information content (AvgIpc) is 2.70. The van der Waals surface area contributed by atoms with Crippen LogP contribution in [0.4, 0.5) is 0 Å². The number of carbonyl (C=O) groups excluding carboxylic acids is 1. The number of hydrogen-bond acceptors (Lipinski definition) is 3. The fraction of sp³-hybridized carbons (Fsp3) is 0.125. The minimum absolute atomic E-state index is 0.105. The summed E-state index contributed by atoms with van der Waals surface area (Å²) >= 11 is 0. The maximum atomic E-state index is 11.2. The minimum Gasteiger partial charge on any atom is -0.482 e. The second-order valence-corrected chi connectivity index (χ2v) is 6.24. The van der Waals surface area contributed by atoms with Crippen molar-refractivity contribution in [1.29, 1.82) is 0 Å². The van der Waals surface area contributed by atoms with Crippen LogP contribution < -0.4 is 15.2 Å². The Morgan fingerprint density at radius 1 is 0.926 bits per heavy atom. The molecule has 0 unspecified atom stereocenters. The van der Waals surface area contributed by atoms with Gasteiger partial charge in [-0.15, -0.1) is 0 Å². The molecule has 0 aliphatic rings. The number of esters is 1. The summed E-state index contributed by atoms with van der Waals surface area (Å²) in [7, 11) is 1.34. The number of methoxy groups -OCH3 is 1. The Hall–Kier alpha value is -3.33. The first-order chi connectivity index (χ1) is 13.1. The highest BCUT2D eigenvalue weighted by Crippen LogP contribution is 2.25. The molecular weight excluding hydrogens is 336 g/mol. The third kappa shape index (κ3) is 4.26. The third-order valence-electron chi connectivity index (χ3n) is 4.43. The van der Waals surface area contributed by atoms with E-state index in [1.807, 2.05) is 54.6 Å². The third-order valence-corrected chi connectivity index (χ3v) is 4.43. The van der Waals surface area contributed by atoms with E-state index in [0.717, 1.165) is 27.1 Å². The van der Waals surface area contributed by atoms with Crippen molar-refractivity contribution in [3.63, 3.8) is 0 Å². The Morgan fingerprint density at radius 3 is 2.26 bits per heavy atom.